The highest BCUT2D eigenvalue weighted by atomic mass is 35.9. The molecule has 0 bridgehead atoms. The molecule has 1 heterocycles. The van der Waals surface area contributed by atoms with Gasteiger partial charge in [0.05, 0.1) is 6.61 Å². The van der Waals surface area contributed by atoms with Crippen LogP contribution in [0, 0.1) is 0 Å². The Kier molecular flexibility index (Phi) is 6.60. The van der Waals surface area contributed by atoms with E-state index in [1.165, 1.54) is 6.08 Å². The lowest BCUT2D eigenvalue weighted by Crippen LogP contribution is -2.15. The molecule has 0 spiro atoms. The molecule has 0 aromatic heterocycles. The van der Waals surface area contributed by atoms with Crippen molar-refractivity contribution in [3.63, 3.8) is 0 Å². The van der Waals surface area contributed by atoms with E-state index in [2.05, 4.69) is 24.6 Å². The van der Waals surface area contributed by atoms with E-state index in [9.17, 15) is 13.2 Å². The van der Waals surface area contributed by atoms with Crippen molar-refractivity contribution in [2.24, 2.45) is 13.5 Å². The zero-order valence-corrected chi connectivity index (χ0v) is 15.1. The maximum atomic E-state index is 12.2. The van der Waals surface area contributed by atoms with Crippen LogP contribution < -0.4 is 0 Å². The molecule has 0 fully saturated rings. The van der Waals surface area contributed by atoms with E-state index in [4.69, 9.17) is 49.5 Å². The lowest BCUT2D eigenvalue weighted by atomic mass is 10.7. The summed E-state index contributed by atoms with van der Waals surface area (Å²) < 4.78 is 57.0. The van der Waals surface area contributed by atoms with Crippen molar-refractivity contribution in [1.29, 1.82) is 0 Å². The van der Waals surface area contributed by atoms with Gasteiger partial charge in [0.25, 0.3) is 5.91 Å². The average molecular weight is 433 g/mol. The average Bonchev–Trinajstić information content (AvgIpc) is 2.20. The quantitative estimate of drug-likeness (QED) is 0.332. The first-order valence-electron chi connectivity index (χ1n) is 4.56. The van der Waals surface area contributed by atoms with Crippen LogP contribution in [0.3, 0.4) is 0 Å². The molecule has 15 heteroatoms. The molecular formula is C5H7Cl4F3N3O2P3. The van der Waals surface area contributed by atoms with Gasteiger partial charge in [-0.25, -0.2) is 0 Å². The van der Waals surface area contributed by atoms with E-state index >= 15 is 0 Å². The second-order valence-electron chi connectivity index (χ2n) is 3.14. The summed E-state index contributed by atoms with van der Waals surface area (Å²) >= 11 is 23.3. The zero-order chi connectivity index (χ0) is 15.7. The van der Waals surface area contributed by atoms with Gasteiger partial charge in [-0.3, -0.25) is 0 Å². The molecular weight excluding hydrogens is 426 g/mol. The molecule has 5 nitrogen and oxygen atoms in total. The number of rotatable bonds is 5. The smallest absolute Gasteiger partial charge is 0.312 e. The van der Waals surface area contributed by atoms with Gasteiger partial charge >= 0.3 is 19.7 Å². The van der Waals surface area contributed by atoms with Crippen molar-refractivity contribution in [2.45, 2.75) is 6.18 Å². The molecule has 0 aliphatic carbocycles. The normalized spacial score (nSPS) is 32.8. The molecule has 2 unspecified atom stereocenters. The third kappa shape index (κ3) is 6.60. The molecule has 118 valence electrons. The summed E-state index contributed by atoms with van der Waals surface area (Å²) in [6, 6.07) is 0. The maximum Gasteiger partial charge on any atom is 0.412 e. The monoisotopic (exact) mass is 431 g/mol. The Labute approximate surface area is 132 Å². The first kappa shape index (κ1) is 19.3. The van der Waals surface area contributed by atoms with E-state index in [0.29, 0.717) is 0 Å². The topological polar surface area (TPSA) is 55.5 Å². The molecule has 0 saturated carbocycles. The van der Waals surface area contributed by atoms with Gasteiger partial charge in [-0.15, -0.1) is 6.58 Å². The molecule has 2 atom stereocenters. The van der Waals surface area contributed by atoms with Crippen LogP contribution in [0.5, 0.6) is 0 Å². The predicted molar refractivity (Wildman–Crippen MR) is 79.6 cm³/mol. The van der Waals surface area contributed by atoms with Gasteiger partial charge in [-0.05, 0) is 45.0 Å². The number of halogens is 7. The van der Waals surface area contributed by atoms with Crippen LogP contribution in [-0.4, -0.2) is 19.4 Å². The van der Waals surface area contributed by atoms with Crippen molar-refractivity contribution in [3.05, 3.63) is 12.7 Å². The fraction of sp³-hybridized carbons (Fsp3) is 0.600. The van der Waals surface area contributed by atoms with Crippen molar-refractivity contribution in [1.82, 2.24) is 0 Å². The molecule has 0 radical (unpaired) electrons. The fourth-order valence-corrected chi connectivity index (χ4v) is 15.5. The number of hydrogen-bond acceptors (Lipinski definition) is 5. The molecule has 1 aliphatic heterocycles. The Balaban J connectivity index is 3.16. The first-order valence-corrected chi connectivity index (χ1v) is 13.1. The van der Waals surface area contributed by atoms with Gasteiger partial charge in [-0.2, -0.15) is 26.7 Å². The van der Waals surface area contributed by atoms with Crippen LogP contribution in [0.4, 0.5) is 13.2 Å². The van der Waals surface area contributed by atoms with Crippen LogP contribution in [0.1, 0.15) is 0 Å². The van der Waals surface area contributed by atoms with E-state index in [0.717, 1.165) is 0 Å². The van der Waals surface area contributed by atoms with Crippen LogP contribution in [0.2, 0.25) is 0 Å². The first-order chi connectivity index (χ1) is 8.89. The Morgan fingerprint density at radius 2 is 1.55 bits per heavy atom. The van der Waals surface area contributed by atoms with Gasteiger partial charge < -0.3 is 9.05 Å². The third-order valence-electron chi connectivity index (χ3n) is 1.41. The second-order valence-corrected chi connectivity index (χ2v) is 14.6. The minimum Gasteiger partial charge on any atom is -0.312 e. The predicted octanol–water partition coefficient (Wildman–Crippen LogP) is 7.58. The summed E-state index contributed by atoms with van der Waals surface area (Å²) in [5, 5.41) is 0. The van der Waals surface area contributed by atoms with Crippen LogP contribution >= 0.6 is 64.4 Å². The summed E-state index contributed by atoms with van der Waals surface area (Å²) in [5.41, 5.74) is 0. The minimum absolute atomic E-state index is 0.0613. The molecule has 0 N–H and O–H groups in total. The molecule has 20 heavy (non-hydrogen) atoms. The van der Waals surface area contributed by atoms with Crippen molar-refractivity contribution >= 4 is 64.4 Å². The highest BCUT2D eigenvalue weighted by Gasteiger charge is 2.38. The van der Waals surface area contributed by atoms with E-state index < -0.39 is 32.3 Å². The third-order valence-corrected chi connectivity index (χ3v) is 13.0. The van der Waals surface area contributed by atoms with E-state index in [1.54, 1.807) is 0 Å². The Morgan fingerprint density at radius 3 is 2.05 bits per heavy atom. The Bertz CT molecular complexity index is 559. The number of alkyl halides is 3. The van der Waals surface area contributed by atoms with Crippen LogP contribution in [-0.2, 0) is 9.05 Å². The fourth-order valence-electron chi connectivity index (χ4n) is 0.861. The Hall–Kier alpha value is 1.30. The van der Waals surface area contributed by atoms with Crippen LogP contribution in [0.25, 0.3) is 0 Å². The summed E-state index contributed by atoms with van der Waals surface area (Å²) in [4.78, 5) is 0. The Morgan fingerprint density at radius 1 is 1.00 bits per heavy atom. The maximum absolute atomic E-state index is 12.2. The molecule has 0 saturated heterocycles. The molecule has 1 aliphatic rings. The molecule has 0 aromatic rings. The van der Waals surface area contributed by atoms with E-state index in [-0.39, 0.29) is 6.61 Å². The van der Waals surface area contributed by atoms with Gasteiger partial charge in [0.2, 0.25) is 0 Å². The van der Waals surface area contributed by atoms with Gasteiger partial charge in [0.15, 0.2) is 6.61 Å². The van der Waals surface area contributed by atoms with Crippen molar-refractivity contribution in [3.8, 4) is 0 Å². The lowest BCUT2D eigenvalue weighted by molar-refractivity contribution is -0.152. The highest BCUT2D eigenvalue weighted by molar-refractivity contribution is 8.16. The molecule has 0 amide bonds. The second kappa shape index (κ2) is 6.82. The largest absolute Gasteiger partial charge is 0.412 e. The SMILES string of the molecule is C=CCOP1(Cl)=NP(Cl)(Cl)=NP(Cl)(OCC(F)(F)F)=N1. The molecule has 1 rings (SSSR count). The van der Waals surface area contributed by atoms with Gasteiger partial charge in [-0.1, -0.05) is 6.08 Å². The van der Waals surface area contributed by atoms with Gasteiger partial charge in [0, 0.05) is 0 Å². The van der Waals surface area contributed by atoms with Crippen LogP contribution in [0.15, 0.2) is 26.2 Å². The van der Waals surface area contributed by atoms with E-state index in [1.807, 2.05) is 0 Å². The number of hydrogen-bond donors (Lipinski definition) is 0. The van der Waals surface area contributed by atoms with Gasteiger partial charge in [0.1, 0.15) is 0 Å². The van der Waals surface area contributed by atoms with Crippen molar-refractivity contribution < 1.29 is 22.2 Å². The number of nitrogens with zero attached hydrogens (tertiary/aromatic N) is 3. The van der Waals surface area contributed by atoms with Crippen molar-refractivity contribution in [2.75, 3.05) is 13.2 Å². The lowest BCUT2D eigenvalue weighted by Gasteiger charge is -2.24. The summed E-state index contributed by atoms with van der Waals surface area (Å²) in [6.07, 6.45) is -3.27. The molecule has 0 aromatic carbocycles. The minimum atomic E-state index is -4.61. The standard InChI is InChI=1S/C5H7Cl4F3N3O2P3/c1-2-3-16-19(8)13-18(6,7)14-20(9,15-19)17-4-5(10,11)12/h2H,1,3-4H2. The summed E-state index contributed by atoms with van der Waals surface area (Å²) in [5.74, 6) is -3.42. The zero-order valence-electron chi connectivity index (χ0n) is 9.34. The highest BCUT2D eigenvalue weighted by Crippen LogP contribution is 2.85. The summed E-state index contributed by atoms with van der Waals surface area (Å²) in [6.45, 7) is -5.57. The summed E-state index contributed by atoms with van der Waals surface area (Å²) in [7, 11) is 0.